The molecule has 0 aliphatic heterocycles. The maximum absolute atomic E-state index is 9.49. The zero-order valence-corrected chi connectivity index (χ0v) is 26.0. The van der Waals surface area contributed by atoms with Crippen LogP contribution in [0.2, 0.25) is 0 Å². The number of hydrogen-bond acceptors (Lipinski definition) is 4. The van der Waals surface area contributed by atoms with E-state index in [1.807, 2.05) is 140 Å². The van der Waals surface area contributed by atoms with Crippen molar-refractivity contribution in [3.8, 4) is 67.5 Å². The van der Waals surface area contributed by atoms with Gasteiger partial charge in [0.05, 0.1) is 8.22 Å². The van der Waals surface area contributed by atoms with Crippen LogP contribution in [0.3, 0.4) is 0 Å². The van der Waals surface area contributed by atoms with E-state index in [0.29, 0.717) is 28.3 Å². The average molecular weight is 634 g/mol. The molecular weight excluding hydrogens is 599 g/mol. The molecule has 7 aromatic carbocycles. The summed E-state index contributed by atoms with van der Waals surface area (Å²) in [7, 11) is 0. The Balaban J connectivity index is 1.28. The molecule has 49 heavy (non-hydrogen) atoms. The number of aromatic nitrogens is 3. The highest BCUT2D eigenvalue weighted by Gasteiger charge is 2.17. The number of fused-ring (bicyclic) bond motifs is 3. The van der Waals surface area contributed by atoms with Crippen LogP contribution in [0.1, 0.15) is 8.22 Å². The largest absolute Gasteiger partial charge is 0.455 e. The van der Waals surface area contributed by atoms with Crippen molar-refractivity contribution in [3.63, 3.8) is 0 Å². The van der Waals surface area contributed by atoms with Crippen LogP contribution in [0.25, 0.3) is 89.5 Å². The topological polar surface area (TPSA) is 51.8 Å². The Labute approximate surface area is 292 Å². The van der Waals surface area contributed by atoms with Crippen molar-refractivity contribution in [2.75, 3.05) is 0 Å². The van der Waals surface area contributed by atoms with Crippen LogP contribution in [0, 0.1) is 0 Å². The molecule has 0 unspecified atom stereocenters. The molecular formula is C45H29N3O. The minimum Gasteiger partial charge on any atom is -0.455 e. The molecule has 0 atom stereocenters. The van der Waals surface area contributed by atoms with Crippen LogP contribution in [-0.4, -0.2) is 15.0 Å². The summed E-state index contributed by atoms with van der Waals surface area (Å²) in [6, 6.07) is 42.6. The number of para-hydroxylation sites is 1. The Morgan fingerprint density at radius 3 is 1.57 bits per heavy atom. The molecule has 230 valence electrons. The molecule has 9 aromatic rings. The van der Waals surface area contributed by atoms with E-state index in [1.165, 1.54) is 0 Å². The highest BCUT2D eigenvalue weighted by atomic mass is 16.3. The van der Waals surface area contributed by atoms with E-state index in [9.17, 15) is 4.11 Å². The second-order valence-electron chi connectivity index (χ2n) is 11.6. The molecule has 9 rings (SSSR count). The lowest BCUT2D eigenvalue weighted by Gasteiger charge is -2.09. The van der Waals surface area contributed by atoms with E-state index in [2.05, 4.69) is 0 Å². The first-order valence-corrected chi connectivity index (χ1v) is 15.9. The van der Waals surface area contributed by atoms with Crippen molar-refractivity contribution < 1.29 is 12.6 Å². The van der Waals surface area contributed by atoms with Crippen molar-refractivity contribution >= 4 is 21.9 Å². The van der Waals surface area contributed by atoms with Crippen LogP contribution < -0.4 is 0 Å². The Morgan fingerprint density at radius 1 is 0.408 bits per heavy atom. The summed E-state index contributed by atoms with van der Waals surface area (Å²) in [5.41, 5.74) is 6.08. The zero-order chi connectivity index (χ0) is 37.8. The van der Waals surface area contributed by atoms with Crippen molar-refractivity contribution in [2.24, 2.45) is 0 Å². The molecule has 4 nitrogen and oxygen atoms in total. The van der Waals surface area contributed by atoms with E-state index in [-0.39, 0.29) is 75.1 Å². The van der Waals surface area contributed by atoms with Gasteiger partial charge in [0.1, 0.15) is 11.2 Å². The highest BCUT2D eigenvalue weighted by Crippen LogP contribution is 2.38. The van der Waals surface area contributed by atoms with E-state index < -0.39 is 0 Å². The summed E-state index contributed by atoms with van der Waals surface area (Å²) < 4.78 is 61.2. The second kappa shape index (κ2) is 12.2. The van der Waals surface area contributed by atoms with Gasteiger partial charge in [0.15, 0.2) is 17.5 Å². The van der Waals surface area contributed by atoms with Crippen LogP contribution >= 0.6 is 0 Å². The third-order valence-electron chi connectivity index (χ3n) is 8.44. The lowest BCUT2D eigenvalue weighted by Crippen LogP contribution is -2.00. The van der Waals surface area contributed by atoms with E-state index in [1.54, 1.807) is 0 Å². The summed E-state index contributed by atoms with van der Waals surface area (Å²) in [5, 5.41) is 0.162. The van der Waals surface area contributed by atoms with E-state index >= 15 is 0 Å². The molecule has 0 fully saturated rings. The van der Waals surface area contributed by atoms with Gasteiger partial charge in [-0.3, -0.25) is 0 Å². The smallest absolute Gasteiger partial charge is 0.164 e. The summed E-state index contributed by atoms with van der Waals surface area (Å²) in [4.78, 5) is 14.4. The Hall–Kier alpha value is -6.65. The van der Waals surface area contributed by atoms with Crippen molar-refractivity contribution in [3.05, 3.63) is 176 Å². The Morgan fingerprint density at radius 2 is 0.918 bits per heavy atom. The normalized spacial score (nSPS) is 13.0. The van der Waals surface area contributed by atoms with Gasteiger partial charge < -0.3 is 4.42 Å². The van der Waals surface area contributed by atoms with Crippen LogP contribution in [0.4, 0.5) is 0 Å². The van der Waals surface area contributed by atoms with Gasteiger partial charge in [0.2, 0.25) is 0 Å². The lowest BCUT2D eigenvalue weighted by atomic mass is 9.97. The van der Waals surface area contributed by atoms with E-state index in [4.69, 9.17) is 23.5 Å². The molecule has 0 saturated carbocycles. The van der Waals surface area contributed by atoms with Gasteiger partial charge in [-0.05, 0) is 52.0 Å². The number of rotatable bonds is 6. The molecule has 4 heteroatoms. The van der Waals surface area contributed by atoms with E-state index in [0.717, 1.165) is 22.3 Å². The van der Waals surface area contributed by atoms with Gasteiger partial charge in [-0.1, -0.05) is 152 Å². The molecule has 2 aromatic heterocycles. The molecule has 0 saturated heterocycles. The first-order chi connectivity index (χ1) is 26.8. The number of hydrogen-bond donors (Lipinski definition) is 0. The van der Waals surface area contributed by atoms with Crippen molar-refractivity contribution in [1.82, 2.24) is 15.0 Å². The lowest BCUT2D eigenvalue weighted by molar-refractivity contribution is 0.670. The average Bonchev–Trinajstić information content (AvgIpc) is 3.64. The summed E-state index contributed by atoms with van der Waals surface area (Å²) >= 11 is 0. The monoisotopic (exact) mass is 633 g/mol. The van der Waals surface area contributed by atoms with Gasteiger partial charge >= 0.3 is 0 Å². The fraction of sp³-hybridized carbons (Fsp3) is 0. The SMILES string of the molecule is [2H]c1c([2H])c([2H])c2c(oc3c([2H])c(-c4nc(-c5ccccc5)nc(-c5cccc(-c6ccccc6)c5)n4)c([2H])c([2H])c32)c1-c1cccc(-c2ccccc2)c1. The maximum atomic E-state index is 9.49. The van der Waals surface area contributed by atoms with Crippen LogP contribution in [0.15, 0.2) is 180 Å². The number of nitrogens with zero attached hydrogens (tertiary/aromatic N) is 3. The Bertz CT molecular complexity index is 2940. The first kappa shape index (κ1) is 22.8. The third kappa shape index (κ3) is 5.45. The second-order valence-corrected chi connectivity index (χ2v) is 11.6. The highest BCUT2D eigenvalue weighted by molar-refractivity contribution is 6.10. The van der Waals surface area contributed by atoms with Crippen molar-refractivity contribution in [2.45, 2.75) is 0 Å². The molecule has 0 radical (unpaired) electrons. The van der Waals surface area contributed by atoms with Gasteiger partial charge in [0, 0.05) is 33.0 Å². The predicted molar refractivity (Wildman–Crippen MR) is 200 cm³/mol. The number of furan rings is 1. The standard InChI is InChI=1S/C45H29N3O/c1-4-13-30(14-5-1)33-19-10-21-35(27-33)38-23-12-24-40-39-26-25-37(29-41(39)49-42(38)40)45-47-43(32-17-8-3-9-18-32)46-44(48-45)36-22-11-20-34(28-36)31-15-6-2-7-16-31/h1-29H/i12D,23D,24D,25D,26D,29D. The summed E-state index contributed by atoms with van der Waals surface area (Å²) in [5.74, 6) is 0.667. The van der Waals surface area contributed by atoms with Gasteiger partial charge in [-0.25, -0.2) is 15.0 Å². The first-order valence-electron chi connectivity index (χ1n) is 18.9. The molecule has 0 aliphatic rings. The van der Waals surface area contributed by atoms with Gasteiger partial charge in [0.25, 0.3) is 0 Å². The summed E-state index contributed by atoms with van der Waals surface area (Å²) in [6.45, 7) is 0. The number of benzene rings is 7. The molecule has 0 amide bonds. The fourth-order valence-corrected chi connectivity index (χ4v) is 6.02. The predicted octanol–water partition coefficient (Wildman–Crippen LogP) is 11.8. The van der Waals surface area contributed by atoms with Crippen LogP contribution in [0.5, 0.6) is 0 Å². The quantitative estimate of drug-likeness (QED) is 0.183. The van der Waals surface area contributed by atoms with Crippen LogP contribution in [-0.2, 0) is 0 Å². The third-order valence-corrected chi connectivity index (χ3v) is 8.44. The van der Waals surface area contributed by atoms with Crippen molar-refractivity contribution in [1.29, 1.82) is 0 Å². The molecule has 0 aliphatic carbocycles. The maximum Gasteiger partial charge on any atom is 0.164 e. The summed E-state index contributed by atoms with van der Waals surface area (Å²) in [6.07, 6.45) is 0. The zero-order valence-electron chi connectivity index (χ0n) is 32.0. The Kier molecular flexibility index (Phi) is 5.67. The molecule has 0 bridgehead atoms. The minimum atomic E-state index is -0.343. The molecule has 0 spiro atoms. The molecule has 0 N–H and O–H groups in total. The van der Waals surface area contributed by atoms with Gasteiger partial charge in [-0.15, -0.1) is 0 Å². The molecule has 2 heterocycles. The minimum absolute atomic E-state index is 0.0177. The van der Waals surface area contributed by atoms with Gasteiger partial charge in [-0.2, -0.15) is 0 Å². The fourth-order valence-electron chi connectivity index (χ4n) is 6.02.